The third kappa shape index (κ3) is 2.38. The summed E-state index contributed by atoms with van der Waals surface area (Å²) in [4.78, 5) is 21.1. The fraction of sp³-hybridized carbons (Fsp3) is 0.250. The third-order valence-electron chi connectivity index (χ3n) is 1.82. The van der Waals surface area contributed by atoms with Gasteiger partial charge in [0.2, 0.25) is 4.91 Å². The standard InChI is InChI=1S/C8H9NO7S/c1-15-5(10)3-4-6(11)7(8(12)16-2)17(13,14)9-4/h3,9,11H,1-2H3/b4-3-. The van der Waals surface area contributed by atoms with E-state index in [1.165, 1.54) is 0 Å². The van der Waals surface area contributed by atoms with Gasteiger partial charge in [-0.05, 0) is 0 Å². The summed E-state index contributed by atoms with van der Waals surface area (Å²) in [5.41, 5.74) is -0.447. The minimum Gasteiger partial charge on any atom is -0.504 e. The number of esters is 2. The number of sulfonamides is 1. The summed E-state index contributed by atoms with van der Waals surface area (Å²) in [5.74, 6) is -3.01. The van der Waals surface area contributed by atoms with Crippen LogP contribution in [0, 0.1) is 0 Å². The molecule has 17 heavy (non-hydrogen) atoms. The molecule has 1 rings (SSSR count). The molecule has 0 fully saturated rings. The second-order valence-electron chi connectivity index (χ2n) is 2.86. The minimum atomic E-state index is -4.22. The second kappa shape index (κ2) is 4.45. The van der Waals surface area contributed by atoms with Gasteiger partial charge in [0.15, 0.2) is 5.76 Å². The van der Waals surface area contributed by atoms with Crippen LogP contribution in [0.2, 0.25) is 0 Å². The number of aliphatic hydroxyl groups is 1. The van der Waals surface area contributed by atoms with Gasteiger partial charge in [0.25, 0.3) is 10.0 Å². The largest absolute Gasteiger partial charge is 0.504 e. The van der Waals surface area contributed by atoms with Gasteiger partial charge in [-0.25, -0.2) is 18.0 Å². The Morgan fingerprint density at radius 2 is 1.88 bits per heavy atom. The molecule has 0 saturated carbocycles. The van der Waals surface area contributed by atoms with Crippen molar-refractivity contribution in [2.24, 2.45) is 0 Å². The smallest absolute Gasteiger partial charge is 0.355 e. The summed E-state index contributed by atoms with van der Waals surface area (Å²) < 4.78 is 33.1. The Balaban J connectivity index is 3.30. The van der Waals surface area contributed by atoms with Gasteiger partial charge in [-0.15, -0.1) is 0 Å². The first kappa shape index (κ1) is 13.0. The summed E-state index contributed by atoms with van der Waals surface area (Å²) in [7, 11) is -2.19. The summed E-state index contributed by atoms with van der Waals surface area (Å²) in [6.07, 6.45) is 0.697. The maximum absolute atomic E-state index is 11.4. The molecule has 9 heteroatoms. The van der Waals surface area contributed by atoms with Gasteiger partial charge in [-0.2, -0.15) is 0 Å². The van der Waals surface area contributed by atoms with Crippen LogP contribution in [0.5, 0.6) is 0 Å². The average Bonchev–Trinajstić information content (AvgIpc) is 2.48. The third-order valence-corrected chi connectivity index (χ3v) is 3.20. The Kier molecular flexibility index (Phi) is 3.42. The summed E-state index contributed by atoms with van der Waals surface area (Å²) >= 11 is 0. The van der Waals surface area contributed by atoms with Crippen LogP contribution in [0.1, 0.15) is 0 Å². The minimum absolute atomic E-state index is 0.447. The van der Waals surface area contributed by atoms with E-state index in [1.54, 1.807) is 0 Å². The van der Waals surface area contributed by atoms with Crippen molar-refractivity contribution in [3.8, 4) is 0 Å². The predicted octanol–water partition coefficient (Wildman–Crippen LogP) is -1.08. The Bertz CT molecular complexity index is 528. The molecule has 0 atom stereocenters. The number of carbonyl (C=O) groups is 2. The number of hydrogen-bond donors (Lipinski definition) is 2. The van der Waals surface area contributed by atoms with Gasteiger partial charge in [-0.1, -0.05) is 0 Å². The van der Waals surface area contributed by atoms with Gasteiger partial charge < -0.3 is 14.6 Å². The lowest BCUT2D eigenvalue weighted by Gasteiger charge is -1.98. The first-order valence-corrected chi connectivity index (χ1v) is 5.66. The van der Waals surface area contributed by atoms with Crippen molar-refractivity contribution in [2.75, 3.05) is 14.2 Å². The van der Waals surface area contributed by atoms with Crippen LogP contribution in [0.4, 0.5) is 0 Å². The average molecular weight is 263 g/mol. The zero-order chi connectivity index (χ0) is 13.2. The molecular formula is C8H9NO7S. The van der Waals surface area contributed by atoms with Crippen molar-refractivity contribution >= 4 is 22.0 Å². The van der Waals surface area contributed by atoms with Crippen molar-refractivity contribution < 1.29 is 32.6 Å². The maximum atomic E-state index is 11.4. The van der Waals surface area contributed by atoms with E-state index in [0.29, 0.717) is 6.08 Å². The van der Waals surface area contributed by atoms with E-state index in [9.17, 15) is 23.1 Å². The van der Waals surface area contributed by atoms with Crippen molar-refractivity contribution in [2.45, 2.75) is 0 Å². The first-order chi connectivity index (χ1) is 7.83. The number of carbonyl (C=O) groups excluding carboxylic acids is 2. The molecule has 1 aliphatic heterocycles. The van der Waals surface area contributed by atoms with E-state index in [4.69, 9.17) is 0 Å². The Morgan fingerprint density at radius 1 is 1.29 bits per heavy atom. The van der Waals surface area contributed by atoms with Crippen LogP contribution in [0.25, 0.3) is 0 Å². The molecule has 0 aromatic heterocycles. The fourth-order valence-corrected chi connectivity index (χ4v) is 2.28. The van der Waals surface area contributed by atoms with E-state index in [-0.39, 0.29) is 0 Å². The van der Waals surface area contributed by atoms with Crippen LogP contribution in [-0.2, 0) is 29.1 Å². The number of ether oxygens (including phenoxy) is 2. The van der Waals surface area contributed by atoms with Gasteiger partial charge in [0, 0.05) is 0 Å². The molecule has 1 heterocycles. The quantitative estimate of drug-likeness (QED) is 0.480. The second-order valence-corrected chi connectivity index (χ2v) is 4.48. The summed E-state index contributed by atoms with van der Waals surface area (Å²) in [6.45, 7) is 0. The van der Waals surface area contributed by atoms with Crippen molar-refractivity contribution in [3.63, 3.8) is 0 Å². The molecule has 0 amide bonds. The van der Waals surface area contributed by atoms with E-state index < -0.39 is 38.3 Å². The molecule has 0 saturated heterocycles. The number of hydrogen-bond acceptors (Lipinski definition) is 7. The highest BCUT2D eigenvalue weighted by Gasteiger charge is 2.39. The topological polar surface area (TPSA) is 119 Å². The maximum Gasteiger partial charge on any atom is 0.355 e. The number of nitrogens with one attached hydrogen (secondary N) is 1. The highest BCUT2D eigenvalue weighted by Crippen LogP contribution is 2.24. The SMILES string of the molecule is COC(=O)/C=C1\NS(=O)(=O)C(C(=O)OC)=C1O. The number of methoxy groups -OCH3 is 2. The molecule has 0 spiro atoms. The van der Waals surface area contributed by atoms with E-state index in [1.807, 2.05) is 4.72 Å². The number of aliphatic hydroxyl groups excluding tert-OH is 1. The van der Waals surface area contributed by atoms with Crippen LogP contribution in [0.3, 0.4) is 0 Å². The highest BCUT2D eigenvalue weighted by molar-refractivity contribution is 7.94. The van der Waals surface area contributed by atoms with Crippen LogP contribution in [0.15, 0.2) is 22.4 Å². The Morgan fingerprint density at radius 3 is 2.35 bits per heavy atom. The van der Waals surface area contributed by atoms with Gasteiger partial charge in [0.1, 0.15) is 0 Å². The van der Waals surface area contributed by atoms with Crippen LogP contribution in [-0.4, -0.2) is 39.7 Å². The molecule has 0 aromatic rings. The van der Waals surface area contributed by atoms with Gasteiger partial charge >= 0.3 is 11.9 Å². The fourth-order valence-electron chi connectivity index (χ4n) is 1.07. The monoisotopic (exact) mass is 263 g/mol. The molecule has 8 nitrogen and oxygen atoms in total. The highest BCUT2D eigenvalue weighted by atomic mass is 32.2. The molecule has 0 unspecified atom stereocenters. The molecule has 0 bridgehead atoms. The van der Waals surface area contributed by atoms with E-state index in [2.05, 4.69) is 9.47 Å². The van der Waals surface area contributed by atoms with Gasteiger partial charge in [0.05, 0.1) is 26.0 Å². The molecule has 0 radical (unpaired) electrons. The van der Waals surface area contributed by atoms with Crippen LogP contribution >= 0.6 is 0 Å². The Hall–Kier alpha value is -2.03. The van der Waals surface area contributed by atoms with Crippen molar-refractivity contribution in [1.29, 1.82) is 0 Å². The molecule has 1 aliphatic rings. The van der Waals surface area contributed by atoms with E-state index in [0.717, 1.165) is 14.2 Å². The predicted molar refractivity (Wildman–Crippen MR) is 53.8 cm³/mol. The molecule has 2 N–H and O–H groups in total. The van der Waals surface area contributed by atoms with E-state index >= 15 is 0 Å². The zero-order valence-electron chi connectivity index (χ0n) is 8.88. The molecule has 0 aliphatic carbocycles. The lowest BCUT2D eigenvalue weighted by Crippen LogP contribution is -2.21. The number of rotatable bonds is 2. The first-order valence-electron chi connectivity index (χ1n) is 4.18. The lowest BCUT2D eigenvalue weighted by atomic mass is 10.3. The summed E-state index contributed by atoms with van der Waals surface area (Å²) in [5, 5.41) is 9.49. The van der Waals surface area contributed by atoms with Crippen molar-refractivity contribution in [1.82, 2.24) is 4.72 Å². The molecule has 0 aromatic carbocycles. The van der Waals surface area contributed by atoms with Crippen LogP contribution < -0.4 is 4.72 Å². The lowest BCUT2D eigenvalue weighted by molar-refractivity contribution is -0.136. The molecule has 94 valence electrons. The Labute approximate surface area is 96.6 Å². The zero-order valence-corrected chi connectivity index (χ0v) is 9.70. The molecular weight excluding hydrogens is 254 g/mol. The summed E-state index contributed by atoms with van der Waals surface area (Å²) in [6, 6.07) is 0. The van der Waals surface area contributed by atoms with Gasteiger partial charge in [-0.3, -0.25) is 4.72 Å². The van der Waals surface area contributed by atoms with Crippen molar-refractivity contribution in [3.05, 3.63) is 22.4 Å². The normalized spacial score (nSPS) is 20.0.